The van der Waals surface area contributed by atoms with Gasteiger partial charge in [-0.05, 0) is 26.9 Å². The van der Waals surface area contributed by atoms with Crippen LogP contribution in [-0.2, 0) is 4.79 Å². The normalized spacial score (nSPS) is 23.4. The second-order valence-corrected chi connectivity index (χ2v) is 3.93. The molecule has 2 N–H and O–H groups in total. The minimum Gasteiger partial charge on any atom is -0.356 e. The third-order valence-electron chi connectivity index (χ3n) is 2.80. The highest BCUT2D eigenvalue weighted by Crippen LogP contribution is 2.11. The molecule has 0 spiro atoms. The summed E-state index contributed by atoms with van der Waals surface area (Å²) in [4.78, 5) is 13.6. The van der Waals surface area contributed by atoms with Crippen LogP contribution in [0.1, 0.15) is 19.3 Å². The summed E-state index contributed by atoms with van der Waals surface area (Å²) < 4.78 is 0. The van der Waals surface area contributed by atoms with E-state index in [4.69, 9.17) is 0 Å². The van der Waals surface area contributed by atoms with Gasteiger partial charge in [-0.1, -0.05) is 0 Å². The van der Waals surface area contributed by atoms with Gasteiger partial charge >= 0.3 is 0 Å². The van der Waals surface area contributed by atoms with Gasteiger partial charge in [0.15, 0.2) is 0 Å². The highest BCUT2D eigenvalue weighted by Gasteiger charge is 2.20. The summed E-state index contributed by atoms with van der Waals surface area (Å²) in [6, 6.07) is 0.422. The lowest BCUT2D eigenvalue weighted by Gasteiger charge is -2.25. The van der Waals surface area contributed by atoms with Crippen LogP contribution in [0.3, 0.4) is 0 Å². The average molecular weight is 199 g/mol. The van der Waals surface area contributed by atoms with Gasteiger partial charge in [-0.15, -0.1) is 0 Å². The van der Waals surface area contributed by atoms with E-state index in [1.165, 1.54) is 0 Å². The molecule has 0 radical (unpaired) electrons. The summed E-state index contributed by atoms with van der Waals surface area (Å²) in [6.45, 7) is 2.83. The van der Waals surface area contributed by atoms with Crippen molar-refractivity contribution in [1.82, 2.24) is 15.5 Å². The van der Waals surface area contributed by atoms with Gasteiger partial charge in [0.2, 0.25) is 5.91 Å². The summed E-state index contributed by atoms with van der Waals surface area (Å²) in [5.41, 5.74) is 0. The van der Waals surface area contributed by atoms with Crippen molar-refractivity contribution in [2.24, 2.45) is 0 Å². The fourth-order valence-electron chi connectivity index (χ4n) is 1.80. The fraction of sp³-hybridized carbons (Fsp3) is 0.900. The number of nitrogens with zero attached hydrogens (tertiary/aromatic N) is 1. The van der Waals surface area contributed by atoms with Crippen LogP contribution in [0.25, 0.3) is 0 Å². The van der Waals surface area contributed by atoms with Crippen LogP contribution in [0.4, 0.5) is 0 Å². The van der Waals surface area contributed by atoms with E-state index < -0.39 is 0 Å². The Bertz CT molecular complexity index is 184. The Morgan fingerprint density at radius 1 is 1.64 bits per heavy atom. The van der Waals surface area contributed by atoms with Crippen LogP contribution in [0.5, 0.6) is 0 Å². The molecule has 1 atom stereocenters. The predicted octanol–water partition coefficient (Wildman–Crippen LogP) is -0.194. The number of likely N-dealkylation sites (N-methyl/N-ethyl adjacent to an activating group) is 2. The van der Waals surface area contributed by atoms with E-state index in [0.717, 1.165) is 32.5 Å². The number of carbonyl (C=O) groups is 1. The van der Waals surface area contributed by atoms with E-state index in [0.29, 0.717) is 12.5 Å². The Morgan fingerprint density at radius 3 is 3.14 bits per heavy atom. The lowest BCUT2D eigenvalue weighted by molar-refractivity contribution is -0.121. The molecule has 1 aliphatic rings. The quantitative estimate of drug-likeness (QED) is 0.659. The lowest BCUT2D eigenvalue weighted by Crippen LogP contribution is -2.38. The van der Waals surface area contributed by atoms with E-state index in [-0.39, 0.29) is 5.91 Å². The molecule has 1 fully saturated rings. The molecule has 0 aromatic carbocycles. The zero-order valence-electron chi connectivity index (χ0n) is 9.18. The topological polar surface area (TPSA) is 44.4 Å². The molecule has 1 heterocycles. The molecule has 4 nitrogen and oxygen atoms in total. The van der Waals surface area contributed by atoms with Crippen LogP contribution in [0.15, 0.2) is 0 Å². The summed E-state index contributed by atoms with van der Waals surface area (Å²) in [5, 5.41) is 6.03. The summed E-state index contributed by atoms with van der Waals surface area (Å²) in [7, 11) is 4.05. The fourth-order valence-corrected chi connectivity index (χ4v) is 1.80. The summed E-state index contributed by atoms with van der Waals surface area (Å²) >= 11 is 0. The molecular weight excluding hydrogens is 178 g/mol. The smallest absolute Gasteiger partial charge is 0.221 e. The van der Waals surface area contributed by atoms with Crippen molar-refractivity contribution in [1.29, 1.82) is 0 Å². The van der Waals surface area contributed by atoms with Crippen molar-refractivity contribution >= 4 is 5.91 Å². The van der Waals surface area contributed by atoms with Crippen LogP contribution < -0.4 is 10.6 Å². The number of carbonyl (C=O) groups excluding carboxylic acids is 1. The first-order chi connectivity index (χ1) is 6.74. The predicted molar refractivity (Wildman–Crippen MR) is 57.2 cm³/mol. The molecule has 0 aromatic heterocycles. The number of nitrogens with one attached hydrogen (secondary N) is 2. The van der Waals surface area contributed by atoms with E-state index in [1.807, 2.05) is 7.05 Å². The van der Waals surface area contributed by atoms with E-state index in [2.05, 4.69) is 22.6 Å². The van der Waals surface area contributed by atoms with Crippen LogP contribution in [0.2, 0.25) is 0 Å². The first-order valence-corrected chi connectivity index (χ1v) is 5.35. The summed E-state index contributed by atoms with van der Waals surface area (Å²) in [5.74, 6) is 0.198. The molecule has 1 amide bonds. The molecule has 1 saturated heterocycles. The molecule has 0 aromatic rings. The van der Waals surface area contributed by atoms with Gasteiger partial charge in [-0.2, -0.15) is 0 Å². The van der Waals surface area contributed by atoms with E-state index in [1.54, 1.807) is 0 Å². The van der Waals surface area contributed by atoms with Gasteiger partial charge in [0.25, 0.3) is 0 Å². The van der Waals surface area contributed by atoms with E-state index in [9.17, 15) is 4.79 Å². The van der Waals surface area contributed by atoms with Gasteiger partial charge < -0.3 is 15.5 Å². The second kappa shape index (κ2) is 5.98. The molecule has 82 valence electrons. The Hall–Kier alpha value is -0.610. The molecular formula is C10H21N3O. The van der Waals surface area contributed by atoms with Gasteiger partial charge in [-0.25, -0.2) is 0 Å². The minimum atomic E-state index is 0.198. The largest absolute Gasteiger partial charge is 0.356 e. The van der Waals surface area contributed by atoms with Crippen molar-refractivity contribution in [3.63, 3.8) is 0 Å². The average Bonchev–Trinajstić information content (AvgIpc) is 2.39. The summed E-state index contributed by atoms with van der Waals surface area (Å²) in [6.07, 6.45) is 2.87. The van der Waals surface area contributed by atoms with Gasteiger partial charge in [0.1, 0.15) is 0 Å². The van der Waals surface area contributed by atoms with Gasteiger partial charge in [-0.3, -0.25) is 4.79 Å². The first kappa shape index (κ1) is 11.5. The molecule has 1 unspecified atom stereocenters. The standard InChI is InChI=1S/C10H21N3O/c1-11-6-7-13(2)9-4-3-5-12-10(14)8-9/h9,11H,3-8H2,1-2H3,(H,12,14). The maximum atomic E-state index is 11.3. The van der Waals surface area contributed by atoms with Crippen molar-refractivity contribution in [3.05, 3.63) is 0 Å². The molecule has 0 saturated carbocycles. The SMILES string of the molecule is CNCCN(C)C1CCCNC(=O)C1. The van der Waals surface area contributed by atoms with Gasteiger partial charge in [0.05, 0.1) is 0 Å². The first-order valence-electron chi connectivity index (χ1n) is 5.35. The van der Waals surface area contributed by atoms with Crippen LogP contribution >= 0.6 is 0 Å². The maximum Gasteiger partial charge on any atom is 0.221 e. The van der Waals surface area contributed by atoms with Crippen LogP contribution in [-0.4, -0.2) is 50.6 Å². The van der Waals surface area contributed by atoms with Crippen LogP contribution in [0, 0.1) is 0 Å². The molecule has 14 heavy (non-hydrogen) atoms. The third kappa shape index (κ3) is 3.64. The van der Waals surface area contributed by atoms with Gasteiger partial charge in [0, 0.05) is 32.1 Å². The molecule has 1 rings (SSSR count). The van der Waals surface area contributed by atoms with Crippen molar-refractivity contribution in [2.75, 3.05) is 33.7 Å². The zero-order chi connectivity index (χ0) is 10.4. The third-order valence-corrected chi connectivity index (χ3v) is 2.80. The van der Waals surface area contributed by atoms with Crippen molar-refractivity contribution in [3.8, 4) is 0 Å². The zero-order valence-corrected chi connectivity index (χ0v) is 9.18. The Kier molecular flexibility index (Phi) is 4.90. The van der Waals surface area contributed by atoms with Crippen molar-refractivity contribution in [2.45, 2.75) is 25.3 Å². The Morgan fingerprint density at radius 2 is 2.43 bits per heavy atom. The Balaban J connectivity index is 2.36. The lowest BCUT2D eigenvalue weighted by atomic mass is 10.1. The maximum absolute atomic E-state index is 11.3. The highest BCUT2D eigenvalue weighted by molar-refractivity contribution is 5.76. The van der Waals surface area contributed by atoms with Crippen molar-refractivity contribution < 1.29 is 4.79 Å². The molecule has 4 heteroatoms. The molecule has 0 aliphatic carbocycles. The Labute approximate surface area is 86.0 Å². The highest BCUT2D eigenvalue weighted by atomic mass is 16.1. The molecule has 0 bridgehead atoms. The number of hydrogen-bond donors (Lipinski definition) is 2. The molecule has 1 aliphatic heterocycles. The second-order valence-electron chi connectivity index (χ2n) is 3.93. The monoisotopic (exact) mass is 199 g/mol. The number of amides is 1. The number of hydrogen-bond acceptors (Lipinski definition) is 3. The van der Waals surface area contributed by atoms with E-state index >= 15 is 0 Å². The number of rotatable bonds is 4. The minimum absolute atomic E-state index is 0.198.